The minimum atomic E-state index is -2.96. The van der Waals surface area contributed by atoms with Gasteiger partial charge >= 0.3 is 9.17 Å². The van der Waals surface area contributed by atoms with E-state index in [2.05, 4.69) is 8.72 Å². The normalized spacial score (nSPS) is 9.08. The maximum absolute atomic E-state index is 10.3. The molecule has 0 atom stereocenters. The zero-order chi connectivity index (χ0) is 8.97. The van der Waals surface area contributed by atoms with Gasteiger partial charge in [0.1, 0.15) is 23.4 Å². The van der Waals surface area contributed by atoms with Crippen LogP contribution in [-0.2, 0) is 4.46 Å². The lowest BCUT2D eigenvalue weighted by atomic mass is 10.3. The molecule has 0 aliphatic rings. The molecular formula is C6H5ClO4Si. The van der Waals surface area contributed by atoms with E-state index >= 15 is 0 Å². The van der Waals surface area contributed by atoms with E-state index < -0.39 is 9.17 Å². The van der Waals surface area contributed by atoms with Crippen LogP contribution in [0.15, 0.2) is 24.3 Å². The molecule has 6 heteroatoms. The van der Waals surface area contributed by atoms with Gasteiger partial charge in [0.2, 0.25) is 0 Å². The molecule has 1 aromatic rings. The van der Waals surface area contributed by atoms with Gasteiger partial charge in [0.05, 0.1) is 0 Å². The first-order valence-electron chi connectivity index (χ1n) is 3.02. The lowest BCUT2D eigenvalue weighted by Crippen LogP contribution is -2.08. The number of benzene rings is 1. The van der Waals surface area contributed by atoms with Gasteiger partial charge in [-0.2, -0.15) is 0 Å². The minimum Gasteiger partial charge on any atom is -0.511 e. The van der Waals surface area contributed by atoms with Crippen LogP contribution in [0.1, 0.15) is 0 Å². The molecule has 1 rings (SSSR count). The van der Waals surface area contributed by atoms with Crippen molar-refractivity contribution in [2.45, 2.75) is 0 Å². The third-order valence-electron chi connectivity index (χ3n) is 1.10. The first kappa shape index (κ1) is 9.02. The van der Waals surface area contributed by atoms with Gasteiger partial charge in [-0.3, -0.25) is 4.46 Å². The summed E-state index contributed by atoms with van der Waals surface area (Å²) in [4.78, 5) is 8.42. The van der Waals surface area contributed by atoms with E-state index in [9.17, 15) is 4.46 Å². The highest BCUT2D eigenvalue weighted by atomic mass is 35.5. The Kier molecular flexibility index (Phi) is 3.07. The van der Waals surface area contributed by atoms with Crippen molar-refractivity contribution in [3.05, 3.63) is 24.3 Å². The van der Waals surface area contributed by atoms with Crippen LogP contribution in [0.3, 0.4) is 0 Å². The Bertz CT molecular complexity index is 291. The molecule has 0 heterocycles. The van der Waals surface area contributed by atoms with Crippen molar-refractivity contribution in [1.29, 1.82) is 0 Å². The molecule has 4 nitrogen and oxygen atoms in total. The van der Waals surface area contributed by atoms with Crippen LogP contribution in [0, 0.1) is 0 Å². The van der Waals surface area contributed by atoms with Gasteiger partial charge in [-0.25, -0.2) is 0 Å². The first-order chi connectivity index (χ1) is 5.72. The highest BCUT2D eigenvalue weighted by Crippen LogP contribution is 2.19. The molecule has 12 heavy (non-hydrogen) atoms. The van der Waals surface area contributed by atoms with Crippen molar-refractivity contribution < 1.29 is 18.0 Å². The molecule has 0 aliphatic heterocycles. The summed E-state index contributed by atoms with van der Waals surface area (Å²) in [5, 5.41) is 0. The average Bonchev–Trinajstić information content (AvgIpc) is 2.03. The number of hydrogen-bond donors (Lipinski definition) is 1. The molecule has 0 fully saturated rings. The summed E-state index contributed by atoms with van der Waals surface area (Å²) in [5.74, 6) is 0.608. The van der Waals surface area contributed by atoms with E-state index in [1.54, 1.807) is 12.1 Å². The minimum absolute atomic E-state index is 0.250. The van der Waals surface area contributed by atoms with Crippen LogP contribution < -0.4 is 8.72 Å². The molecule has 0 aliphatic carbocycles. The predicted octanol–water partition coefficient (Wildman–Crippen LogP) is 1.01. The van der Waals surface area contributed by atoms with E-state index in [1.165, 1.54) is 12.1 Å². The summed E-state index contributed by atoms with van der Waals surface area (Å²) < 4.78 is 19.1. The average molecular weight is 205 g/mol. The molecule has 64 valence electrons. The smallest absolute Gasteiger partial charge is 0.511 e. The summed E-state index contributed by atoms with van der Waals surface area (Å²) in [6.07, 6.45) is 0. The standard InChI is InChI=1S/C6H5ClO4Si/c7-10-5-2-1-3-6(4-5)11-12(8)9/h1-4,8H. The largest absolute Gasteiger partial charge is 0.770 e. The van der Waals surface area contributed by atoms with Crippen molar-refractivity contribution in [2.24, 2.45) is 0 Å². The van der Waals surface area contributed by atoms with Gasteiger partial charge in [0, 0.05) is 6.07 Å². The van der Waals surface area contributed by atoms with Crippen molar-refractivity contribution >= 4 is 21.0 Å². The second kappa shape index (κ2) is 4.08. The lowest BCUT2D eigenvalue weighted by molar-refractivity contribution is 0.338. The van der Waals surface area contributed by atoms with Gasteiger partial charge in [-0.1, -0.05) is 6.07 Å². The zero-order valence-corrected chi connectivity index (χ0v) is 7.62. The maximum atomic E-state index is 10.3. The topological polar surface area (TPSA) is 55.8 Å². The Morgan fingerprint density at radius 1 is 1.42 bits per heavy atom. The molecule has 1 aromatic carbocycles. The third kappa shape index (κ3) is 2.52. The maximum Gasteiger partial charge on any atom is 0.770 e. The van der Waals surface area contributed by atoms with Crippen molar-refractivity contribution in [2.75, 3.05) is 0 Å². The van der Waals surface area contributed by atoms with Crippen molar-refractivity contribution in [3.8, 4) is 11.5 Å². The van der Waals surface area contributed by atoms with Crippen LogP contribution in [0.25, 0.3) is 0 Å². The number of rotatable bonds is 3. The van der Waals surface area contributed by atoms with E-state index in [0.29, 0.717) is 5.75 Å². The summed E-state index contributed by atoms with van der Waals surface area (Å²) in [5.41, 5.74) is 0. The molecule has 0 unspecified atom stereocenters. The Labute approximate surface area is 75.4 Å². The van der Waals surface area contributed by atoms with Crippen molar-refractivity contribution in [1.82, 2.24) is 0 Å². The number of halogens is 1. The van der Waals surface area contributed by atoms with Crippen LogP contribution in [0.5, 0.6) is 11.5 Å². The van der Waals surface area contributed by atoms with E-state index in [-0.39, 0.29) is 5.75 Å². The fraction of sp³-hybridized carbons (Fsp3) is 0. The van der Waals surface area contributed by atoms with Gasteiger partial charge in [0.25, 0.3) is 0 Å². The van der Waals surface area contributed by atoms with E-state index in [1.807, 2.05) is 0 Å². The van der Waals surface area contributed by atoms with Crippen LogP contribution in [0.4, 0.5) is 0 Å². The molecule has 0 amide bonds. The third-order valence-corrected chi connectivity index (χ3v) is 1.69. The second-order valence-electron chi connectivity index (χ2n) is 1.92. The van der Waals surface area contributed by atoms with Gasteiger partial charge < -0.3 is 13.5 Å². The molecule has 1 N–H and O–H groups in total. The summed E-state index contributed by atoms with van der Waals surface area (Å²) in [6, 6.07) is 6.12. The van der Waals surface area contributed by atoms with Crippen LogP contribution in [-0.4, -0.2) is 14.0 Å². The number of hydrogen-bond acceptors (Lipinski definition) is 3. The summed E-state index contributed by atoms with van der Waals surface area (Å²) in [6.45, 7) is 0. The fourth-order valence-corrected chi connectivity index (χ4v) is 1.11. The molecule has 0 bridgehead atoms. The summed E-state index contributed by atoms with van der Waals surface area (Å²) in [7, 11) is -2.96. The lowest BCUT2D eigenvalue weighted by Gasteiger charge is -2.00. The van der Waals surface area contributed by atoms with E-state index in [0.717, 1.165) is 0 Å². The van der Waals surface area contributed by atoms with Gasteiger partial charge in [-0.15, -0.1) is 0 Å². The quantitative estimate of drug-likeness (QED) is 0.747. The fourth-order valence-electron chi connectivity index (χ4n) is 0.687. The highest BCUT2D eigenvalue weighted by Gasteiger charge is 2.06. The molecule has 0 spiro atoms. The predicted molar refractivity (Wildman–Crippen MR) is 42.2 cm³/mol. The zero-order valence-electron chi connectivity index (χ0n) is 5.86. The van der Waals surface area contributed by atoms with Gasteiger partial charge in [0.15, 0.2) is 0 Å². The first-order valence-corrected chi connectivity index (χ1v) is 4.59. The Morgan fingerprint density at radius 2 is 2.08 bits per heavy atom. The Balaban J connectivity index is 2.79. The monoisotopic (exact) mass is 204 g/mol. The molecule has 0 saturated heterocycles. The SMILES string of the molecule is O=[Si](O)Oc1cccc(OCl)c1. The Hall–Kier alpha value is -1.07. The highest BCUT2D eigenvalue weighted by molar-refractivity contribution is 6.25. The molecule has 0 radical (unpaired) electrons. The van der Waals surface area contributed by atoms with Crippen LogP contribution in [0.2, 0.25) is 0 Å². The molecule has 0 aromatic heterocycles. The van der Waals surface area contributed by atoms with Crippen LogP contribution >= 0.6 is 11.9 Å². The summed E-state index contributed by atoms with van der Waals surface area (Å²) >= 11 is 5.05. The van der Waals surface area contributed by atoms with Gasteiger partial charge in [-0.05, 0) is 12.1 Å². The molecule has 0 saturated carbocycles. The molecular weight excluding hydrogens is 200 g/mol. The van der Waals surface area contributed by atoms with E-state index in [4.69, 9.17) is 16.7 Å². The van der Waals surface area contributed by atoms with Crippen molar-refractivity contribution in [3.63, 3.8) is 0 Å². The Morgan fingerprint density at radius 3 is 2.67 bits per heavy atom. The second-order valence-corrected chi connectivity index (χ2v) is 2.81.